The highest BCUT2D eigenvalue weighted by Gasteiger charge is 2.08. The predicted octanol–water partition coefficient (Wildman–Crippen LogP) is 3.74. The van der Waals surface area contributed by atoms with Crippen LogP contribution in [0.5, 0.6) is 0 Å². The standard InChI is InChI=1S/C12H15NOS.H2/c1-3-8(4-2)9-5-6-10-11(7-9)15-12(14)13-10;/h5-8H,3-4H2,1-2H3,(H,13,14);1H. The predicted molar refractivity (Wildman–Crippen MR) is 67.9 cm³/mol. The number of hydrogen-bond donors (Lipinski definition) is 1. The van der Waals surface area contributed by atoms with Crippen molar-refractivity contribution in [1.29, 1.82) is 0 Å². The van der Waals surface area contributed by atoms with E-state index < -0.39 is 0 Å². The molecule has 2 nitrogen and oxygen atoms in total. The molecule has 0 unspecified atom stereocenters. The van der Waals surface area contributed by atoms with Gasteiger partial charge in [-0.25, -0.2) is 0 Å². The fourth-order valence-corrected chi connectivity index (χ4v) is 2.76. The molecule has 0 amide bonds. The van der Waals surface area contributed by atoms with Gasteiger partial charge >= 0.3 is 4.87 Å². The zero-order valence-electron chi connectivity index (χ0n) is 9.04. The maximum Gasteiger partial charge on any atom is 0.305 e. The third kappa shape index (κ3) is 1.97. The van der Waals surface area contributed by atoms with Crippen molar-refractivity contribution in [2.45, 2.75) is 32.6 Å². The number of rotatable bonds is 3. The van der Waals surface area contributed by atoms with Gasteiger partial charge in [0.2, 0.25) is 0 Å². The minimum Gasteiger partial charge on any atom is -0.312 e. The summed E-state index contributed by atoms with van der Waals surface area (Å²) in [6.45, 7) is 4.41. The normalized spacial score (nSPS) is 11.4. The molecule has 0 aliphatic carbocycles. The summed E-state index contributed by atoms with van der Waals surface area (Å²) in [5, 5.41) is 0. The molecule has 1 aromatic heterocycles. The molecule has 0 aliphatic heterocycles. The molecule has 0 fully saturated rings. The molecule has 3 heteroatoms. The fraction of sp³-hybridized carbons (Fsp3) is 0.417. The number of H-pyrrole nitrogens is 1. The second-order valence-electron chi connectivity index (χ2n) is 3.78. The maximum absolute atomic E-state index is 11.2. The monoisotopic (exact) mass is 223 g/mol. The smallest absolute Gasteiger partial charge is 0.305 e. The van der Waals surface area contributed by atoms with Crippen LogP contribution in [-0.2, 0) is 0 Å². The first-order valence-electron chi connectivity index (χ1n) is 5.37. The van der Waals surface area contributed by atoms with Crippen LogP contribution in [-0.4, -0.2) is 4.98 Å². The lowest BCUT2D eigenvalue weighted by molar-refractivity contribution is 0.643. The molecule has 1 aromatic carbocycles. The molecule has 2 aromatic rings. The van der Waals surface area contributed by atoms with Gasteiger partial charge in [-0.15, -0.1) is 0 Å². The molecule has 0 saturated carbocycles. The van der Waals surface area contributed by atoms with E-state index in [0.717, 1.165) is 23.1 Å². The molecule has 0 aliphatic rings. The minimum atomic E-state index is 0. The van der Waals surface area contributed by atoms with Crippen LogP contribution in [0.1, 0.15) is 39.6 Å². The van der Waals surface area contributed by atoms with Crippen molar-refractivity contribution >= 4 is 21.6 Å². The van der Waals surface area contributed by atoms with E-state index in [1.807, 2.05) is 6.07 Å². The Bertz CT molecular complexity index is 513. The van der Waals surface area contributed by atoms with Gasteiger partial charge in [-0.2, -0.15) is 0 Å². The van der Waals surface area contributed by atoms with Crippen LogP contribution < -0.4 is 4.87 Å². The van der Waals surface area contributed by atoms with Crippen molar-refractivity contribution in [2.24, 2.45) is 0 Å². The fourth-order valence-electron chi connectivity index (χ4n) is 1.98. The Morgan fingerprint density at radius 3 is 2.80 bits per heavy atom. The lowest BCUT2D eigenvalue weighted by atomic mass is 9.94. The quantitative estimate of drug-likeness (QED) is 0.844. The van der Waals surface area contributed by atoms with Gasteiger partial charge in [-0.1, -0.05) is 31.3 Å². The lowest BCUT2D eigenvalue weighted by Crippen LogP contribution is -1.94. The first-order valence-corrected chi connectivity index (χ1v) is 6.19. The molecule has 1 heterocycles. The highest BCUT2D eigenvalue weighted by atomic mass is 32.1. The van der Waals surface area contributed by atoms with Crippen LogP contribution in [0.3, 0.4) is 0 Å². The van der Waals surface area contributed by atoms with Gasteiger partial charge in [0.1, 0.15) is 0 Å². The lowest BCUT2D eigenvalue weighted by Gasteiger charge is -2.12. The van der Waals surface area contributed by atoms with E-state index in [9.17, 15) is 4.79 Å². The summed E-state index contributed by atoms with van der Waals surface area (Å²) in [6.07, 6.45) is 2.31. The number of aromatic nitrogens is 1. The summed E-state index contributed by atoms with van der Waals surface area (Å²) >= 11 is 1.29. The van der Waals surface area contributed by atoms with Gasteiger partial charge < -0.3 is 4.98 Å². The molecule has 82 valence electrons. The number of nitrogens with one attached hydrogen (secondary N) is 1. The van der Waals surface area contributed by atoms with E-state index in [0.29, 0.717) is 5.92 Å². The van der Waals surface area contributed by atoms with Crippen molar-refractivity contribution in [2.75, 3.05) is 0 Å². The Morgan fingerprint density at radius 2 is 2.13 bits per heavy atom. The van der Waals surface area contributed by atoms with Crippen LogP contribution in [0.4, 0.5) is 0 Å². The van der Waals surface area contributed by atoms with Gasteiger partial charge in [0, 0.05) is 1.43 Å². The van der Waals surface area contributed by atoms with E-state index in [1.165, 1.54) is 16.9 Å². The van der Waals surface area contributed by atoms with E-state index in [4.69, 9.17) is 0 Å². The first-order chi connectivity index (χ1) is 7.24. The van der Waals surface area contributed by atoms with Gasteiger partial charge in [0.05, 0.1) is 10.2 Å². The molecule has 0 spiro atoms. The van der Waals surface area contributed by atoms with Crippen LogP contribution in [0.2, 0.25) is 0 Å². The zero-order valence-corrected chi connectivity index (χ0v) is 9.86. The average Bonchev–Trinajstić information content (AvgIpc) is 2.59. The minimum absolute atomic E-state index is 0. The highest BCUT2D eigenvalue weighted by Crippen LogP contribution is 2.26. The van der Waals surface area contributed by atoms with Crippen LogP contribution in [0.25, 0.3) is 10.2 Å². The van der Waals surface area contributed by atoms with Crippen molar-refractivity contribution in [3.63, 3.8) is 0 Å². The molecule has 15 heavy (non-hydrogen) atoms. The number of thiazole rings is 1. The third-order valence-corrected chi connectivity index (χ3v) is 3.75. The summed E-state index contributed by atoms with van der Waals surface area (Å²) in [5.41, 5.74) is 2.31. The number of fused-ring (bicyclic) bond motifs is 1. The molecule has 1 N–H and O–H groups in total. The van der Waals surface area contributed by atoms with Crippen LogP contribution >= 0.6 is 11.3 Å². The highest BCUT2D eigenvalue weighted by molar-refractivity contribution is 7.16. The van der Waals surface area contributed by atoms with E-state index >= 15 is 0 Å². The summed E-state index contributed by atoms with van der Waals surface area (Å²) in [4.78, 5) is 14.0. The Kier molecular flexibility index (Phi) is 2.91. The average molecular weight is 223 g/mol. The molecule has 0 radical (unpaired) electrons. The van der Waals surface area contributed by atoms with Crippen molar-refractivity contribution in [3.8, 4) is 0 Å². The molecule has 0 saturated heterocycles. The van der Waals surface area contributed by atoms with Crippen molar-refractivity contribution < 1.29 is 1.43 Å². The Hall–Kier alpha value is -1.09. The number of hydrogen-bond acceptors (Lipinski definition) is 2. The zero-order chi connectivity index (χ0) is 10.8. The second-order valence-corrected chi connectivity index (χ2v) is 4.80. The first kappa shape index (κ1) is 10.4. The van der Waals surface area contributed by atoms with Crippen LogP contribution in [0, 0.1) is 0 Å². The molecule has 2 rings (SSSR count). The summed E-state index contributed by atoms with van der Waals surface area (Å²) in [5.74, 6) is 0.617. The summed E-state index contributed by atoms with van der Waals surface area (Å²) in [7, 11) is 0. The van der Waals surface area contributed by atoms with E-state index in [2.05, 4.69) is 31.0 Å². The largest absolute Gasteiger partial charge is 0.312 e. The second kappa shape index (κ2) is 4.19. The molecule has 0 bridgehead atoms. The number of aromatic amines is 1. The topological polar surface area (TPSA) is 32.9 Å². The van der Waals surface area contributed by atoms with E-state index in [1.54, 1.807) is 0 Å². The SMILES string of the molecule is CCC(CC)c1ccc2[nH]c(=O)sc2c1.[HH]. The van der Waals surface area contributed by atoms with Gasteiger partial charge in [0.15, 0.2) is 0 Å². The Balaban J connectivity index is 0.00000128. The maximum atomic E-state index is 11.2. The molecular weight excluding hydrogens is 206 g/mol. The summed E-state index contributed by atoms with van der Waals surface area (Å²) < 4.78 is 1.07. The Morgan fingerprint density at radius 1 is 1.40 bits per heavy atom. The molecular formula is C12H17NOS. The molecule has 0 atom stereocenters. The van der Waals surface area contributed by atoms with Crippen LogP contribution in [0.15, 0.2) is 23.0 Å². The van der Waals surface area contributed by atoms with Gasteiger partial charge in [-0.3, -0.25) is 4.79 Å². The Labute approximate surface area is 94.4 Å². The number of benzene rings is 1. The van der Waals surface area contributed by atoms with Gasteiger partial charge in [0.25, 0.3) is 0 Å². The van der Waals surface area contributed by atoms with E-state index in [-0.39, 0.29) is 6.30 Å². The third-order valence-electron chi connectivity index (χ3n) is 2.90. The van der Waals surface area contributed by atoms with Crippen molar-refractivity contribution in [1.82, 2.24) is 4.98 Å². The summed E-state index contributed by atoms with van der Waals surface area (Å²) in [6, 6.07) is 6.29. The van der Waals surface area contributed by atoms with Gasteiger partial charge in [-0.05, 0) is 36.5 Å². The van der Waals surface area contributed by atoms with Crippen molar-refractivity contribution in [3.05, 3.63) is 33.4 Å².